The van der Waals surface area contributed by atoms with Crippen LogP contribution in [0, 0.1) is 0 Å². The topological polar surface area (TPSA) is 26.0 Å². The molecule has 1 heteroatoms. The Morgan fingerprint density at radius 3 is 1.89 bits per heavy atom. The summed E-state index contributed by atoms with van der Waals surface area (Å²) in [6.45, 7) is 0.779. The molecule has 98 valence electrons. The van der Waals surface area contributed by atoms with Gasteiger partial charge >= 0.3 is 0 Å². The second kappa shape index (κ2) is 5.58. The van der Waals surface area contributed by atoms with Gasteiger partial charge in [0.2, 0.25) is 0 Å². The van der Waals surface area contributed by atoms with Crippen LogP contribution in [0.25, 0.3) is 0 Å². The zero-order valence-electron chi connectivity index (χ0n) is 11.3. The summed E-state index contributed by atoms with van der Waals surface area (Å²) in [4.78, 5) is 0. The molecule has 19 heavy (non-hydrogen) atoms. The number of aryl methyl sites for hydroxylation is 2. The molecule has 1 aliphatic rings. The normalized spacial score (nSPS) is 14.6. The van der Waals surface area contributed by atoms with Crippen molar-refractivity contribution in [1.29, 1.82) is 0 Å². The van der Waals surface area contributed by atoms with Crippen LogP contribution in [0.2, 0.25) is 0 Å². The smallest absolute Gasteiger partial charge is 0.00952 e. The van der Waals surface area contributed by atoms with E-state index in [9.17, 15) is 0 Å². The zero-order valence-corrected chi connectivity index (χ0v) is 11.3. The molecule has 0 fully saturated rings. The highest BCUT2D eigenvalue weighted by molar-refractivity contribution is 5.44. The molecule has 0 radical (unpaired) electrons. The van der Waals surface area contributed by atoms with Crippen molar-refractivity contribution in [2.75, 3.05) is 6.54 Å². The monoisotopic (exact) mass is 251 g/mol. The predicted octanol–water partition coefficient (Wildman–Crippen LogP) is 3.66. The van der Waals surface area contributed by atoms with Gasteiger partial charge in [0.1, 0.15) is 0 Å². The van der Waals surface area contributed by atoms with E-state index in [2.05, 4.69) is 48.5 Å². The molecule has 0 spiro atoms. The number of hydrogen-bond acceptors (Lipinski definition) is 1. The third kappa shape index (κ3) is 2.43. The van der Waals surface area contributed by atoms with Gasteiger partial charge in [-0.25, -0.2) is 0 Å². The van der Waals surface area contributed by atoms with Gasteiger partial charge in [0.25, 0.3) is 0 Å². The fourth-order valence-corrected chi connectivity index (χ4v) is 3.27. The average molecular weight is 251 g/mol. The fraction of sp³-hybridized carbons (Fsp3) is 0.333. The summed E-state index contributed by atoms with van der Waals surface area (Å²) < 4.78 is 0. The first-order valence-electron chi connectivity index (χ1n) is 7.26. The van der Waals surface area contributed by atoms with Gasteiger partial charge in [-0.2, -0.15) is 0 Å². The van der Waals surface area contributed by atoms with Crippen molar-refractivity contribution in [2.24, 2.45) is 5.73 Å². The Hall–Kier alpha value is -1.60. The Bertz CT molecular complexity index is 512. The van der Waals surface area contributed by atoms with E-state index in [4.69, 9.17) is 5.73 Å². The molecule has 0 aliphatic heterocycles. The van der Waals surface area contributed by atoms with Gasteiger partial charge in [-0.15, -0.1) is 0 Å². The molecule has 0 amide bonds. The first-order valence-corrected chi connectivity index (χ1v) is 7.26. The van der Waals surface area contributed by atoms with Crippen LogP contribution in [0.4, 0.5) is 0 Å². The first kappa shape index (κ1) is 12.4. The lowest BCUT2D eigenvalue weighted by Gasteiger charge is -2.20. The minimum absolute atomic E-state index is 0.526. The maximum atomic E-state index is 5.72. The molecule has 2 aromatic carbocycles. The minimum atomic E-state index is 0.526. The third-order valence-corrected chi connectivity index (χ3v) is 4.22. The zero-order chi connectivity index (χ0) is 13.1. The number of benzene rings is 2. The van der Waals surface area contributed by atoms with Crippen LogP contribution in [0.5, 0.6) is 0 Å². The maximum absolute atomic E-state index is 5.72. The summed E-state index contributed by atoms with van der Waals surface area (Å²) in [5.74, 6) is 0.526. The second-order valence-corrected chi connectivity index (χ2v) is 5.38. The quantitative estimate of drug-likeness (QED) is 0.885. The summed E-state index contributed by atoms with van der Waals surface area (Å²) in [5.41, 5.74) is 11.8. The van der Waals surface area contributed by atoms with Crippen LogP contribution in [0.15, 0.2) is 48.5 Å². The second-order valence-electron chi connectivity index (χ2n) is 5.38. The Morgan fingerprint density at radius 1 is 0.842 bits per heavy atom. The van der Waals surface area contributed by atoms with Crippen LogP contribution in [0.1, 0.15) is 41.0 Å². The molecule has 1 nitrogen and oxygen atoms in total. The molecule has 0 bridgehead atoms. The highest BCUT2D eigenvalue weighted by Crippen LogP contribution is 2.36. The van der Waals surface area contributed by atoms with Crippen LogP contribution < -0.4 is 5.73 Å². The van der Waals surface area contributed by atoms with Crippen molar-refractivity contribution in [3.63, 3.8) is 0 Å². The van der Waals surface area contributed by atoms with E-state index in [1.54, 1.807) is 0 Å². The highest BCUT2D eigenvalue weighted by atomic mass is 14.5. The Kier molecular flexibility index (Phi) is 3.65. The van der Waals surface area contributed by atoms with E-state index in [1.165, 1.54) is 22.3 Å². The van der Waals surface area contributed by atoms with Gasteiger partial charge in [0.15, 0.2) is 0 Å². The van der Waals surface area contributed by atoms with Crippen LogP contribution in [-0.4, -0.2) is 6.54 Å². The first-order chi connectivity index (χ1) is 9.40. The molecule has 1 aliphatic carbocycles. The Balaban J connectivity index is 2.08. The summed E-state index contributed by atoms with van der Waals surface area (Å²) in [6.07, 6.45) is 4.57. The van der Waals surface area contributed by atoms with E-state index in [0.717, 1.165) is 32.2 Å². The molecule has 3 rings (SSSR count). The Morgan fingerprint density at radius 2 is 1.37 bits per heavy atom. The van der Waals surface area contributed by atoms with Crippen LogP contribution in [-0.2, 0) is 12.8 Å². The van der Waals surface area contributed by atoms with E-state index in [1.807, 2.05) is 0 Å². The van der Waals surface area contributed by atoms with Gasteiger partial charge < -0.3 is 5.73 Å². The van der Waals surface area contributed by atoms with Gasteiger partial charge in [-0.05, 0) is 54.5 Å². The van der Waals surface area contributed by atoms with E-state index >= 15 is 0 Å². The maximum Gasteiger partial charge on any atom is 0.00952 e. The van der Waals surface area contributed by atoms with E-state index in [-0.39, 0.29) is 0 Å². The molecule has 0 aromatic heterocycles. The average Bonchev–Trinajstić information content (AvgIpc) is 2.62. The molecule has 0 saturated carbocycles. The number of rotatable bonds is 3. The lowest BCUT2D eigenvalue weighted by atomic mass is 9.85. The molecule has 0 unspecified atom stereocenters. The third-order valence-electron chi connectivity index (χ3n) is 4.22. The van der Waals surface area contributed by atoms with Crippen LogP contribution in [0.3, 0.4) is 0 Å². The van der Waals surface area contributed by atoms with Crippen LogP contribution >= 0.6 is 0 Å². The van der Waals surface area contributed by atoms with Crippen molar-refractivity contribution in [2.45, 2.75) is 31.6 Å². The van der Waals surface area contributed by atoms with Crippen molar-refractivity contribution >= 4 is 0 Å². The number of fused-ring (bicyclic) bond motifs is 2. The van der Waals surface area contributed by atoms with Gasteiger partial charge in [-0.1, -0.05) is 48.5 Å². The summed E-state index contributed by atoms with van der Waals surface area (Å²) in [7, 11) is 0. The van der Waals surface area contributed by atoms with E-state index < -0.39 is 0 Å². The predicted molar refractivity (Wildman–Crippen MR) is 80.4 cm³/mol. The highest BCUT2D eigenvalue weighted by Gasteiger charge is 2.22. The van der Waals surface area contributed by atoms with Gasteiger partial charge in [-0.3, -0.25) is 0 Å². The largest absolute Gasteiger partial charge is 0.330 e. The fourth-order valence-electron chi connectivity index (χ4n) is 3.27. The summed E-state index contributed by atoms with van der Waals surface area (Å²) in [6, 6.07) is 17.8. The molecular formula is C18H21N. The van der Waals surface area contributed by atoms with Gasteiger partial charge in [0, 0.05) is 5.92 Å². The summed E-state index contributed by atoms with van der Waals surface area (Å²) in [5, 5.41) is 0. The van der Waals surface area contributed by atoms with E-state index in [0.29, 0.717) is 5.92 Å². The lowest BCUT2D eigenvalue weighted by Crippen LogP contribution is -2.07. The van der Waals surface area contributed by atoms with Gasteiger partial charge in [0.05, 0.1) is 0 Å². The Labute approximate surface area is 115 Å². The number of nitrogens with two attached hydrogens (primary N) is 1. The lowest BCUT2D eigenvalue weighted by molar-refractivity contribution is 0.667. The molecule has 0 saturated heterocycles. The molecule has 0 heterocycles. The molecular weight excluding hydrogens is 230 g/mol. The summed E-state index contributed by atoms with van der Waals surface area (Å²) >= 11 is 0. The SMILES string of the molecule is NCCCC1c2ccccc2CCc2ccccc21. The molecule has 0 atom stereocenters. The van der Waals surface area contributed by atoms with Crippen molar-refractivity contribution in [3.05, 3.63) is 70.8 Å². The molecule has 2 aromatic rings. The standard InChI is InChI=1S/C18H21N/c19-13-5-10-18-16-8-3-1-6-14(16)11-12-15-7-2-4-9-17(15)18/h1-4,6-9,18H,5,10-13,19H2. The molecule has 2 N–H and O–H groups in total. The minimum Gasteiger partial charge on any atom is -0.330 e. The van der Waals surface area contributed by atoms with Crippen molar-refractivity contribution in [1.82, 2.24) is 0 Å². The van der Waals surface area contributed by atoms with Crippen molar-refractivity contribution < 1.29 is 0 Å². The van der Waals surface area contributed by atoms with Crippen molar-refractivity contribution in [3.8, 4) is 0 Å². The number of hydrogen-bond donors (Lipinski definition) is 1.